The number of carbonyl (C=O) groups is 1. The van der Waals surface area contributed by atoms with Crippen molar-refractivity contribution in [3.05, 3.63) is 71.7 Å². The molecule has 4 rings (SSSR count). The molecule has 0 saturated heterocycles. The van der Waals surface area contributed by atoms with Crippen molar-refractivity contribution in [3.8, 4) is 5.69 Å². The fourth-order valence-electron chi connectivity index (χ4n) is 3.47. The van der Waals surface area contributed by atoms with Crippen LogP contribution in [0.4, 0.5) is 19.0 Å². The molecule has 32 heavy (non-hydrogen) atoms. The van der Waals surface area contributed by atoms with Crippen molar-refractivity contribution in [3.63, 3.8) is 0 Å². The molecule has 0 spiro atoms. The summed E-state index contributed by atoms with van der Waals surface area (Å²) in [6.07, 6.45) is -2.52. The summed E-state index contributed by atoms with van der Waals surface area (Å²) in [5.74, 6) is 1.38. The van der Waals surface area contributed by atoms with Crippen LogP contribution in [0.2, 0.25) is 0 Å². The van der Waals surface area contributed by atoms with Gasteiger partial charge in [-0.2, -0.15) is 30.0 Å². The average Bonchev–Trinajstić information content (AvgIpc) is 3.28. The number of para-hydroxylation sites is 2. The summed E-state index contributed by atoms with van der Waals surface area (Å²) in [5.41, 5.74) is 1.63. The van der Waals surface area contributed by atoms with E-state index in [0.29, 0.717) is 17.3 Å². The Morgan fingerprint density at radius 3 is 2.66 bits per heavy atom. The predicted octanol–water partition coefficient (Wildman–Crippen LogP) is 5.05. The number of aromatic nitrogens is 4. The quantitative estimate of drug-likeness (QED) is 0.438. The number of nitrogens with zero attached hydrogens (tertiary/aromatic N) is 4. The molecule has 2 aromatic heterocycles. The molecule has 0 aliphatic rings. The second kappa shape index (κ2) is 8.70. The van der Waals surface area contributed by atoms with E-state index in [-0.39, 0.29) is 18.1 Å². The number of fused-ring (bicyclic) bond motifs is 1. The molecule has 0 aliphatic heterocycles. The lowest BCUT2D eigenvalue weighted by Gasteiger charge is -2.13. The van der Waals surface area contributed by atoms with Crippen LogP contribution in [0.3, 0.4) is 0 Å². The second-order valence-corrected chi connectivity index (χ2v) is 8.08. The zero-order valence-electron chi connectivity index (χ0n) is 17.3. The molecule has 0 bridgehead atoms. The average molecular weight is 459 g/mol. The maximum Gasteiger partial charge on any atom is 0.416 e. The van der Waals surface area contributed by atoms with Crippen molar-refractivity contribution in [2.75, 3.05) is 11.6 Å². The van der Waals surface area contributed by atoms with E-state index >= 15 is 0 Å². The number of anilines is 1. The van der Waals surface area contributed by atoms with Crippen molar-refractivity contribution < 1.29 is 18.0 Å². The topological polar surface area (TPSA) is 64.7 Å². The minimum atomic E-state index is -4.47. The smallest absolute Gasteiger partial charge is 0.318 e. The van der Waals surface area contributed by atoms with Crippen molar-refractivity contribution in [2.24, 2.45) is 0 Å². The number of amides is 1. The van der Waals surface area contributed by atoms with Gasteiger partial charge in [-0.1, -0.05) is 18.2 Å². The zero-order valence-corrected chi connectivity index (χ0v) is 18.2. The summed E-state index contributed by atoms with van der Waals surface area (Å²) < 4.78 is 42.5. The van der Waals surface area contributed by atoms with Crippen molar-refractivity contribution in [1.29, 1.82) is 0 Å². The number of rotatable bonds is 6. The number of hydrogen-bond acceptors (Lipinski definition) is 4. The third-order valence-corrected chi connectivity index (χ3v) is 5.37. The van der Waals surface area contributed by atoms with Gasteiger partial charge in [-0.15, -0.1) is 0 Å². The normalized spacial score (nSPS) is 11.8. The maximum absolute atomic E-state index is 13.1. The number of benzene rings is 2. The van der Waals surface area contributed by atoms with Gasteiger partial charge in [0.25, 0.3) is 0 Å². The van der Waals surface area contributed by atoms with Gasteiger partial charge in [0, 0.05) is 6.07 Å². The molecule has 6 nitrogen and oxygen atoms in total. The van der Waals surface area contributed by atoms with Crippen LogP contribution in [-0.2, 0) is 23.3 Å². The number of nitrogens with one attached hydrogen (secondary N) is 1. The van der Waals surface area contributed by atoms with E-state index in [0.717, 1.165) is 29.0 Å². The lowest BCUT2D eigenvalue weighted by molar-refractivity contribution is -0.137. The van der Waals surface area contributed by atoms with Crippen LogP contribution in [0.5, 0.6) is 0 Å². The lowest BCUT2D eigenvalue weighted by atomic mass is 10.2. The van der Waals surface area contributed by atoms with Gasteiger partial charge in [-0.05, 0) is 43.5 Å². The van der Waals surface area contributed by atoms with Gasteiger partial charge in [-0.3, -0.25) is 4.79 Å². The molecule has 0 saturated carbocycles. The van der Waals surface area contributed by atoms with E-state index in [4.69, 9.17) is 0 Å². The SMILES string of the molecule is CSCc1nc2ccccc2n1CC(=O)Nc1cc(C)nn1-c1cccc(C(F)(F)F)c1. The zero-order chi connectivity index (χ0) is 22.9. The number of carbonyl (C=O) groups excluding carboxylic acids is 1. The minimum absolute atomic E-state index is 0.0171. The summed E-state index contributed by atoms with van der Waals surface area (Å²) in [6.45, 7) is 1.73. The Labute approximate surface area is 186 Å². The molecule has 0 aliphatic carbocycles. The van der Waals surface area contributed by atoms with Crippen LogP contribution in [0, 0.1) is 6.92 Å². The highest BCUT2D eigenvalue weighted by Crippen LogP contribution is 2.31. The molecule has 0 radical (unpaired) electrons. The van der Waals surface area contributed by atoms with E-state index in [1.165, 1.54) is 16.8 Å². The first-order valence-electron chi connectivity index (χ1n) is 9.73. The van der Waals surface area contributed by atoms with E-state index in [2.05, 4.69) is 15.4 Å². The number of alkyl halides is 3. The third kappa shape index (κ3) is 4.50. The summed E-state index contributed by atoms with van der Waals surface area (Å²) in [7, 11) is 0. The van der Waals surface area contributed by atoms with Crippen molar-refractivity contribution in [1.82, 2.24) is 19.3 Å². The van der Waals surface area contributed by atoms with Gasteiger partial charge in [0.1, 0.15) is 18.2 Å². The number of imidazole rings is 1. The van der Waals surface area contributed by atoms with Crippen LogP contribution in [0.1, 0.15) is 17.1 Å². The monoisotopic (exact) mass is 459 g/mol. The fraction of sp³-hybridized carbons (Fsp3) is 0.227. The standard InChI is InChI=1S/C22H20F3N5OS/c1-14-10-19(30(28-14)16-7-5-6-15(11-16)22(23,24)25)27-21(31)12-29-18-9-4-3-8-17(18)26-20(29)13-32-2/h3-11H,12-13H2,1-2H3,(H,27,31). The second-order valence-electron chi connectivity index (χ2n) is 7.21. The Morgan fingerprint density at radius 1 is 1.12 bits per heavy atom. The lowest BCUT2D eigenvalue weighted by Crippen LogP contribution is -2.21. The van der Waals surface area contributed by atoms with Crippen LogP contribution in [0.25, 0.3) is 16.7 Å². The van der Waals surface area contributed by atoms with Gasteiger partial charge in [0.2, 0.25) is 5.91 Å². The molecule has 2 aromatic carbocycles. The first kappa shape index (κ1) is 21.9. The van der Waals surface area contributed by atoms with Crippen molar-refractivity contribution in [2.45, 2.75) is 25.4 Å². The summed E-state index contributed by atoms with van der Waals surface area (Å²) in [4.78, 5) is 17.5. The molecule has 0 atom stereocenters. The van der Waals surface area contributed by atoms with Crippen LogP contribution in [-0.4, -0.2) is 31.5 Å². The third-order valence-electron chi connectivity index (χ3n) is 4.83. The molecular formula is C22H20F3N5OS. The molecule has 2 heterocycles. The number of halogens is 3. The molecule has 1 amide bonds. The van der Waals surface area contributed by atoms with Crippen LogP contribution >= 0.6 is 11.8 Å². The van der Waals surface area contributed by atoms with Gasteiger partial charge < -0.3 is 9.88 Å². The van der Waals surface area contributed by atoms with Crippen LogP contribution < -0.4 is 5.32 Å². The predicted molar refractivity (Wildman–Crippen MR) is 119 cm³/mol. The Hall–Kier alpha value is -3.27. The molecule has 0 fully saturated rings. The Balaban J connectivity index is 1.62. The Bertz CT molecular complexity index is 1280. The minimum Gasteiger partial charge on any atom is -0.318 e. The number of aryl methyl sites for hydroxylation is 1. The fourth-order valence-corrected chi connectivity index (χ4v) is 3.94. The first-order chi connectivity index (χ1) is 15.3. The summed E-state index contributed by atoms with van der Waals surface area (Å²) in [5, 5.41) is 7.05. The molecule has 4 aromatic rings. The van der Waals surface area contributed by atoms with Gasteiger partial charge >= 0.3 is 6.18 Å². The Kier molecular flexibility index (Phi) is 5.96. The summed E-state index contributed by atoms with van der Waals surface area (Å²) >= 11 is 1.60. The van der Waals surface area contributed by atoms with Gasteiger partial charge in [0.05, 0.1) is 33.7 Å². The van der Waals surface area contributed by atoms with E-state index in [9.17, 15) is 18.0 Å². The molecular weight excluding hydrogens is 439 g/mol. The highest BCUT2D eigenvalue weighted by Gasteiger charge is 2.30. The first-order valence-corrected chi connectivity index (χ1v) is 11.1. The van der Waals surface area contributed by atoms with E-state index in [1.54, 1.807) is 24.8 Å². The van der Waals surface area contributed by atoms with Gasteiger partial charge in [-0.25, -0.2) is 9.67 Å². The maximum atomic E-state index is 13.1. The summed E-state index contributed by atoms with van der Waals surface area (Å²) in [6, 6.07) is 14.0. The number of hydrogen-bond donors (Lipinski definition) is 1. The molecule has 10 heteroatoms. The number of thioether (sulfide) groups is 1. The van der Waals surface area contributed by atoms with E-state index < -0.39 is 11.7 Å². The molecule has 1 N–H and O–H groups in total. The largest absolute Gasteiger partial charge is 0.416 e. The Morgan fingerprint density at radius 2 is 1.91 bits per heavy atom. The molecule has 0 unspecified atom stereocenters. The van der Waals surface area contributed by atoms with Crippen LogP contribution in [0.15, 0.2) is 54.6 Å². The molecule has 166 valence electrons. The highest BCUT2D eigenvalue weighted by atomic mass is 32.2. The van der Waals surface area contributed by atoms with Gasteiger partial charge in [0.15, 0.2) is 0 Å². The van der Waals surface area contributed by atoms with Crippen molar-refractivity contribution >= 4 is 34.5 Å². The van der Waals surface area contributed by atoms with E-state index in [1.807, 2.05) is 35.1 Å². The highest BCUT2D eigenvalue weighted by molar-refractivity contribution is 7.97.